The van der Waals surface area contributed by atoms with Gasteiger partial charge in [0.1, 0.15) is 5.75 Å². The topological polar surface area (TPSA) is 99.0 Å². The molecule has 8 nitrogen and oxygen atoms in total. The van der Waals surface area contributed by atoms with Crippen LogP contribution in [-0.2, 0) is 13.1 Å². The summed E-state index contributed by atoms with van der Waals surface area (Å²) in [5.74, 6) is -0.351. The van der Waals surface area contributed by atoms with Crippen molar-refractivity contribution in [2.45, 2.75) is 25.9 Å². The SMILES string of the molecule is CN(C)CC1(COc2nc(O)c3c(n2)CN(C(=O)c2cc(O)cc4cccc(I)c24)C3)CC1. The van der Waals surface area contributed by atoms with Gasteiger partial charge in [0.2, 0.25) is 5.88 Å². The molecule has 0 saturated heterocycles. The molecule has 2 aromatic carbocycles. The number of phenols is 1. The van der Waals surface area contributed by atoms with E-state index in [0.717, 1.165) is 33.7 Å². The van der Waals surface area contributed by atoms with Gasteiger partial charge in [0.05, 0.1) is 36.5 Å². The van der Waals surface area contributed by atoms with Gasteiger partial charge in [-0.25, -0.2) is 0 Å². The van der Waals surface area contributed by atoms with E-state index < -0.39 is 0 Å². The van der Waals surface area contributed by atoms with Crippen molar-refractivity contribution in [3.05, 3.63) is 50.7 Å². The number of ether oxygens (including phenoxy) is 1. The Labute approximate surface area is 205 Å². The molecule has 2 heterocycles. The zero-order valence-corrected chi connectivity index (χ0v) is 20.7. The number of phenolic OH excluding ortho intramolecular Hbond substituents is 1. The summed E-state index contributed by atoms with van der Waals surface area (Å²) in [5, 5.41) is 22.3. The number of rotatable bonds is 6. The van der Waals surface area contributed by atoms with Crippen molar-refractivity contribution in [2.75, 3.05) is 27.2 Å². The van der Waals surface area contributed by atoms with Gasteiger partial charge in [-0.1, -0.05) is 12.1 Å². The van der Waals surface area contributed by atoms with Crippen LogP contribution >= 0.6 is 22.6 Å². The Morgan fingerprint density at radius 3 is 2.73 bits per heavy atom. The fourth-order valence-electron chi connectivity index (χ4n) is 4.54. The lowest BCUT2D eigenvalue weighted by molar-refractivity contribution is 0.0751. The smallest absolute Gasteiger partial charge is 0.320 e. The summed E-state index contributed by atoms with van der Waals surface area (Å²) in [6.07, 6.45) is 2.20. The third-order valence-electron chi connectivity index (χ3n) is 6.28. The largest absolute Gasteiger partial charge is 0.508 e. The molecule has 0 bridgehead atoms. The highest BCUT2D eigenvalue weighted by atomic mass is 127. The van der Waals surface area contributed by atoms with Gasteiger partial charge >= 0.3 is 6.01 Å². The summed E-state index contributed by atoms with van der Waals surface area (Å²) in [4.78, 5) is 25.8. The number of aromatic nitrogens is 2. The van der Waals surface area contributed by atoms with Gasteiger partial charge in [-0.3, -0.25) is 4.79 Å². The normalized spacial score (nSPS) is 16.3. The van der Waals surface area contributed by atoms with Crippen LogP contribution in [0.4, 0.5) is 0 Å². The Hall–Kier alpha value is -2.66. The summed E-state index contributed by atoms with van der Waals surface area (Å²) in [5.41, 5.74) is 1.66. The predicted octanol–water partition coefficient (Wildman–Crippen LogP) is 3.52. The van der Waals surface area contributed by atoms with Crippen LogP contribution in [0.2, 0.25) is 0 Å². The van der Waals surface area contributed by atoms with E-state index >= 15 is 0 Å². The van der Waals surface area contributed by atoms with E-state index in [2.05, 4.69) is 37.5 Å². The molecule has 172 valence electrons. The molecule has 0 spiro atoms. The third kappa shape index (κ3) is 4.31. The molecule has 3 aromatic rings. The molecule has 0 atom stereocenters. The molecule has 0 radical (unpaired) electrons. The minimum Gasteiger partial charge on any atom is -0.508 e. The molecule has 0 unspecified atom stereocenters. The first-order valence-corrected chi connectivity index (χ1v) is 11.9. The standard InChI is InChI=1S/C24H25IN4O4/c1-28(2)12-24(6-7-24)13-33-23-26-19-11-29(10-17(19)21(31)27-23)22(32)16-9-15(30)8-14-4-3-5-18(25)20(14)16/h3-5,8-9,30H,6-7,10-13H2,1-2H3,(H,26,27,31). The molecule has 1 fully saturated rings. The van der Waals surface area contributed by atoms with Crippen molar-refractivity contribution >= 4 is 39.3 Å². The first-order chi connectivity index (χ1) is 15.7. The van der Waals surface area contributed by atoms with E-state index in [1.807, 2.05) is 32.3 Å². The molecule has 1 amide bonds. The zero-order valence-electron chi connectivity index (χ0n) is 18.5. The van der Waals surface area contributed by atoms with Crippen LogP contribution in [0.15, 0.2) is 30.3 Å². The number of hydrogen-bond acceptors (Lipinski definition) is 7. The first-order valence-electron chi connectivity index (χ1n) is 10.8. The first kappa shape index (κ1) is 22.1. The second kappa shape index (κ2) is 8.28. The number of fused-ring (bicyclic) bond motifs is 2. The quantitative estimate of drug-likeness (QED) is 0.446. The summed E-state index contributed by atoms with van der Waals surface area (Å²) in [6.45, 7) is 1.87. The van der Waals surface area contributed by atoms with Crippen molar-refractivity contribution in [3.8, 4) is 17.6 Å². The Morgan fingerprint density at radius 1 is 1.21 bits per heavy atom. The number of benzene rings is 2. The van der Waals surface area contributed by atoms with E-state index in [1.54, 1.807) is 11.0 Å². The van der Waals surface area contributed by atoms with Gasteiger partial charge in [0.15, 0.2) is 0 Å². The Morgan fingerprint density at radius 2 is 2.00 bits per heavy atom. The highest BCUT2D eigenvalue weighted by Gasteiger charge is 2.44. The molecule has 2 N–H and O–H groups in total. The number of carbonyl (C=O) groups is 1. The zero-order chi connectivity index (χ0) is 23.3. The van der Waals surface area contributed by atoms with Crippen LogP contribution in [-0.4, -0.2) is 63.1 Å². The van der Waals surface area contributed by atoms with Crippen molar-refractivity contribution in [2.24, 2.45) is 5.41 Å². The van der Waals surface area contributed by atoms with E-state index in [-0.39, 0.29) is 42.1 Å². The Bertz CT molecular complexity index is 1260. The minimum atomic E-state index is -0.234. The fraction of sp³-hybridized carbons (Fsp3) is 0.375. The molecule has 1 saturated carbocycles. The van der Waals surface area contributed by atoms with Gasteiger partial charge in [0, 0.05) is 20.9 Å². The van der Waals surface area contributed by atoms with Crippen molar-refractivity contribution in [3.63, 3.8) is 0 Å². The molecule has 1 aromatic heterocycles. The molecule has 9 heteroatoms. The summed E-state index contributed by atoms with van der Waals surface area (Å²) in [7, 11) is 4.08. The molecule has 33 heavy (non-hydrogen) atoms. The van der Waals surface area contributed by atoms with Gasteiger partial charge in [-0.2, -0.15) is 9.97 Å². The fourth-order valence-corrected chi connectivity index (χ4v) is 5.35. The lowest BCUT2D eigenvalue weighted by Crippen LogP contribution is -2.28. The number of aromatic hydroxyl groups is 2. The van der Waals surface area contributed by atoms with Gasteiger partial charge in [-0.15, -0.1) is 0 Å². The molecule has 5 rings (SSSR count). The number of carbonyl (C=O) groups excluding carboxylic acids is 1. The lowest BCUT2D eigenvalue weighted by atomic mass is 10.0. The Balaban J connectivity index is 1.37. The van der Waals surface area contributed by atoms with E-state index in [9.17, 15) is 15.0 Å². The molecular formula is C24H25IN4O4. The van der Waals surface area contributed by atoms with Crippen LogP contribution in [0, 0.1) is 8.99 Å². The van der Waals surface area contributed by atoms with E-state index in [0.29, 0.717) is 23.4 Å². The van der Waals surface area contributed by atoms with Crippen LogP contribution in [0.3, 0.4) is 0 Å². The number of nitrogens with zero attached hydrogens (tertiary/aromatic N) is 4. The van der Waals surface area contributed by atoms with Gasteiger partial charge in [-0.05, 0) is 73.1 Å². The van der Waals surface area contributed by atoms with Crippen LogP contribution in [0.1, 0.15) is 34.5 Å². The summed E-state index contributed by atoms with van der Waals surface area (Å²) < 4.78 is 6.79. The number of hydrogen-bond donors (Lipinski definition) is 2. The maximum atomic E-state index is 13.4. The van der Waals surface area contributed by atoms with Crippen molar-refractivity contribution in [1.82, 2.24) is 19.8 Å². The Kier molecular flexibility index (Phi) is 5.56. The second-order valence-corrected chi connectivity index (χ2v) is 10.4. The number of halogens is 1. The molecule has 1 aliphatic heterocycles. The molecule has 2 aliphatic rings. The maximum absolute atomic E-state index is 13.4. The van der Waals surface area contributed by atoms with Crippen LogP contribution in [0.25, 0.3) is 10.8 Å². The highest BCUT2D eigenvalue weighted by molar-refractivity contribution is 14.1. The minimum absolute atomic E-state index is 0.0367. The third-order valence-corrected chi connectivity index (χ3v) is 7.18. The highest BCUT2D eigenvalue weighted by Crippen LogP contribution is 2.46. The van der Waals surface area contributed by atoms with E-state index in [4.69, 9.17) is 4.74 Å². The second-order valence-electron chi connectivity index (χ2n) is 9.27. The lowest BCUT2D eigenvalue weighted by Gasteiger charge is -2.19. The molecular weight excluding hydrogens is 535 g/mol. The van der Waals surface area contributed by atoms with Crippen molar-refractivity contribution < 1.29 is 19.7 Å². The molecule has 1 aliphatic carbocycles. The summed E-state index contributed by atoms with van der Waals surface area (Å²) >= 11 is 2.20. The van der Waals surface area contributed by atoms with E-state index in [1.165, 1.54) is 6.07 Å². The van der Waals surface area contributed by atoms with Gasteiger partial charge < -0.3 is 24.7 Å². The maximum Gasteiger partial charge on any atom is 0.320 e. The average Bonchev–Trinajstić information content (AvgIpc) is 3.36. The van der Waals surface area contributed by atoms with Gasteiger partial charge in [0.25, 0.3) is 5.91 Å². The van der Waals surface area contributed by atoms with Crippen molar-refractivity contribution in [1.29, 1.82) is 0 Å². The van der Waals surface area contributed by atoms with Crippen LogP contribution in [0.5, 0.6) is 17.6 Å². The average molecular weight is 560 g/mol. The predicted molar refractivity (Wildman–Crippen MR) is 131 cm³/mol. The number of amides is 1. The summed E-state index contributed by atoms with van der Waals surface area (Å²) in [6, 6.07) is 8.98. The van der Waals surface area contributed by atoms with Crippen LogP contribution < -0.4 is 4.74 Å². The monoisotopic (exact) mass is 560 g/mol.